The van der Waals surface area contributed by atoms with Gasteiger partial charge in [0.05, 0.1) is 12.7 Å². The molecule has 0 radical (unpaired) electrons. The first kappa shape index (κ1) is 14.4. The molecular weight excluding hydrogens is 238 g/mol. The van der Waals surface area contributed by atoms with Crippen molar-refractivity contribution >= 4 is 0 Å². The van der Waals surface area contributed by atoms with Gasteiger partial charge in [-0.3, -0.25) is 0 Å². The minimum atomic E-state index is -0.158. The fourth-order valence-electron chi connectivity index (χ4n) is 2.77. The molecule has 3 nitrogen and oxygen atoms in total. The third kappa shape index (κ3) is 3.95. The summed E-state index contributed by atoms with van der Waals surface area (Å²) in [6, 6.07) is 8.27. The Hall–Kier alpha value is -1.06. The summed E-state index contributed by atoms with van der Waals surface area (Å²) in [6.45, 7) is 7.98. The Morgan fingerprint density at radius 3 is 2.63 bits per heavy atom. The van der Waals surface area contributed by atoms with Crippen molar-refractivity contribution in [1.29, 1.82) is 0 Å². The van der Waals surface area contributed by atoms with Crippen LogP contribution in [-0.2, 0) is 6.42 Å². The van der Waals surface area contributed by atoms with Crippen molar-refractivity contribution in [1.82, 2.24) is 4.90 Å². The molecule has 0 saturated carbocycles. The second-order valence-electron chi connectivity index (χ2n) is 5.29. The predicted octanol–water partition coefficient (Wildman–Crippen LogP) is 2.33. The Morgan fingerprint density at radius 1 is 1.26 bits per heavy atom. The van der Waals surface area contributed by atoms with Gasteiger partial charge in [-0.15, -0.1) is 0 Å². The van der Waals surface area contributed by atoms with Crippen molar-refractivity contribution < 1.29 is 9.84 Å². The minimum Gasteiger partial charge on any atom is -0.494 e. The third-order valence-electron chi connectivity index (χ3n) is 3.96. The number of benzene rings is 1. The maximum Gasteiger partial charge on any atom is 0.119 e. The van der Waals surface area contributed by atoms with Crippen LogP contribution in [-0.4, -0.2) is 42.4 Å². The minimum absolute atomic E-state index is 0.158. The number of likely N-dealkylation sites (tertiary alicyclic amines) is 1. The van der Waals surface area contributed by atoms with Crippen LogP contribution in [0.4, 0.5) is 0 Å². The molecule has 1 aromatic rings. The molecule has 0 spiro atoms. The van der Waals surface area contributed by atoms with Crippen LogP contribution >= 0.6 is 0 Å². The zero-order valence-corrected chi connectivity index (χ0v) is 12.0. The first-order valence-corrected chi connectivity index (χ1v) is 7.35. The topological polar surface area (TPSA) is 32.7 Å². The van der Waals surface area contributed by atoms with Crippen LogP contribution in [0.3, 0.4) is 0 Å². The van der Waals surface area contributed by atoms with Crippen LogP contribution in [0, 0.1) is 5.92 Å². The molecule has 1 aliphatic heterocycles. The molecule has 0 aliphatic carbocycles. The summed E-state index contributed by atoms with van der Waals surface area (Å²) < 4.78 is 5.45. The molecule has 1 heterocycles. The highest BCUT2D eigenvalue weighted by Gasteiger charge is 2.26. The lowest BCUT2D eigenvalue weighted by Crippen LogP contribution is -2.43. The van der Waals surface area contributed by atoms with Crippen molar-refractivity contribution in [3.8, 4) is 5.75 Å². The molecule has 2 atom stereocenters. The van der Waals surface area contributed by atoms with Crippen molar-refractivity contribution in [3.63, 3.8) is 0 Å². The van der Waals surface area contributed by atoms with Crippen LogP contribution in [0.2, 0.25) is 0 Å². The highest BCUT2D eigenvalue weighted by molar-refractivity contribution is 5.27. The highest BCUT2D eigenvalue weighted by Crippen LogP contribution is 2.22. The highest BCUT2D eigenvalue weighted by atomic mass is 16.5. The monoisotopic (exact) mass is 263 g/mol. The third-order valence-corrected chi connectivity index (χ3v) is 3.96. The first-order chi connectivity index (χ1) is 9.22. The van der Waals surface area contributed by atoms with Crippen LogP contribution < -0.4 is 4.74 Å². The summed E-state index contributed by atoms with van der Waals surface area (Å²) in [4.78, 5) is 2.42. The first-order valence-electron chi connectivity index (χ1n) is 7.35. The molecule has 0 amide bonds. The van der Waals surface area contributed by atoms with Crippen molar-refractivity contribution in [2.45, 2.75) is 32.8 Å². The zero-order valence-electron chi connectivity index (χ0n) is 12.0. The van der Waals surface area contributed by atoms with Gasteiger partial charge >= 0.3 is 0 Å². The molecule has 2 unspecified atom stereocenters. The Kier molecular flexibility index (Phi) is 5.23. The normalized spacial score (nSPS) is 24.4. The van der Waals surface area contributed by atoms with Crippen LogP contribution in [0.1, 0.15) is 25.8 Å². The molecule has 0 aromatic heterocycles. The molecule has 106 valence electrons. The Bertz CT molecular complexity index is 377. The summed E-state index contributed by atoms with van der Waals surface area (Å²) in [5, 5.41) is 10.1. The van der Waals surface area contributed by atoms with Crippen molar-refractivity contribution in [2.75, 3.05) is 26.2 Å². The number of hydrogen-bond acceptors (Lipinski definition) is 3. The van der Waals surface area contributed by atoms with E-state index in [1.807, 2.05) is 19.1 Å². The number of hydrogen-bond donors (Lipinski definition) is 1. The SMILES string of the molecule is CCOc1ccc(CC2CN(CC)CCC2O)cc1. The van der Waals surface area contributed by atoms with E-state index < -0.39 is 0 Å². The van der Waals surface area contributed by atoms with Crippen LogP contribution in [0.25, 0.3) is 0 Å². The van der Waals surface area contributed by atoms with E-state index in [-0.39, 0.29) is 6.10 Å². The maximum absolute atomic E-state index is 10.1. The van der Waals surface area contributed by atoms with E-state index in [0.717, 1.165) is 38.2 Å². The number of aliphatic hydroxyl groups is 1. The van der Waals surface area contributed by atoms with E-state index in [1.54, 1.807) is 0 Å². The predicted molar refractivity (Wildman–Crippen MR) is 77.5 cm³/mol. The molecule has 1 aromatic carbocycles. The summed E-state index contributed by atoms with van der Waals surface area (Å²) >= 11 is 0. The molecule has 2 rings (SSSR count). The maximum atomic E-state index is 10.1. The average Bonchev–Trinajstić information content (AvgIpc) is 2.44. The molecular formula is C16H25NO2. The standard InChI is InChI=1S/C16H25NO2/c1-3-17-10-9-16(18)14(12-17)11-13-5-7-15(8-6-13)19-4-2/h5-8,14,16,18H,3-4,9-12H2,1-2H3. The number of aliphatic hydroxyl groups excluding tert-OH is 1. The summed E-state index contributed by atoms with van der Waals surface area (Å²) in [6.07, 6.45) is 1.69. The molecule has 1 saturated heterocycles. The van der Waals surface area contributed by atoms with E-state index in [0.29, 0.717) is 12.5 Å². The molecule has 19 heavy (non-hydrogen) atoms. The second-order valence-corrected chi connectivity index (χ2v) is 5.29. The molecule has 0 bridgehead atoms. The number of piperidine rings is 1. The van der Waals surface area contributed by atoms with Crippen molar-refractivity contribution in [3.05, 3.63) is 29.8 Å². The quantitative estimate of drug-likeness (QED) is 0.885. The van der Waals surface area contributed by atoms with E-state index in [9.17, 15) is 5.11 Å². The van der Waals surface area contributed by atoms with Gasteiger partial charge in [0.15, 0.2) is 0 Å². The zero-order chi connectivity index (χ0) is 13.7. The lowest BCUT2D eigenvalue weighted by Gasteiger charge is -2.35. The number of nitrogens with zero attached hydrogens (tertiary/aromatic N) is 1. The average molecular weight is 263 g/mol. The van der Waals surface area contributed by atoms with Gasteiger partial charge in [-0.05, 0) is 44.0 Å². The number of ether oxygens (including phenoxy) is 1. The van der Waals surface area contributed by atoms with E-state index >= 15 is 0 Å². The molecule has 1 N–H and O–H groups in total. The van der Waals surface area contributed by atoms with Gasteiger partial charge in [0.25, 0.3) is 0 Å². The largest absolute Gasteiger partial charge is 0.494 e. The fraction of sp³-hybridized carbons (Fsp3) is 0.625. The lowest BCUT2D eigenvalue weighted by molar-refractivity contribution is 0.0290. The van der Waals surface area contributed by atoms with Crippen LogP contribution in [0.5, 0.6) is 5.75 Å². The van der Waals surface area contributed by atoms with Gasteiger partial charge in [0.2, 0.25) is 0 Å². The lowest BCUT2D eigenvalue weighted by atomic mass is 9.89. The molecule has 1 aliphatic rings. The molecule has 3 heteroatoms. The fourth-order valence-corrected chi connectivity index (χ4v) is 2.77. The van der Waals surface area contributed by atoms with E-state index in [2.05, 4.69) is 24.0 Å². The van der Waals surface area contributed by atoms with Gasteiger partial charge in [-0.2, -0.15) is 0 Å². The van der Waals surface area contributed by atoms with E-state index in [1.165, 1.54) is 5.56 Å². The Morgan fingerprint density at radius 2 is 2.00 bits per heavy atom. The van der Waals surface area contributed by atoms with Gasteiger partial charge in [0.1, 0.15) is 5.75 Å². The molecule has 1 fully saturated rings. The van der Waals surface area contributed by atoms with Crippen LogP contribution in [0.15, 0.2) is 24.3 Å². The van der Waals surface area contributed by atoms with Gasteiger partial charge < -0.3 is 14.7 Å². The van der Waals surface area contributed by atoms with Gasteiger partial charge in [-0.25, -0.2) is 0 Å². The Labute approximate surface area is 116 Å². The number of rotatable bonds is 5. The van der Waals surface area contributed by atoms with Crippen molar-refractivity contribution in [2.24, 2.45) is 5.92 Å². The summed E-state index contributed by atoms with van der Waals surface area (Å²) in [7, 11) is 0. The second kappa shape index (κ2) is 6.92. The van der Waals surface area contributed by atoms with Gasteiger partial charge in [-0.1, -0.05) is 19.1 Å². The summed E-state index contributed by atoms with van der Waals surface area (Å²) in [5.74, 6) is 1.28. The van der Waals surface area contributed by atoms with Gasteiger partial charge in [0, 0.05) is 19.0 Å². The smallest absolute Gasteiger partial charge is 0.119 e. The van der Waals surface area contributed by atoms with E-state index in [4.69, 9.17) is 4.74 Å². The summed E-state index contributed by atoms with van der Waals surface area (Å²) in [5.41, 5.74) is 1.28. The Balaban J connectivity index is 1.95.